The smallest absolute Gasteiger partial charge is 0.154 e. The highest BCUT2D eigenvalue weighted by molar-refractivity contribution is 7.90. The molecule has 0 spiro atoms. The molecule has 0 aliphatic carbocycles. The largest absolute Gasteiger partial charge is 0.399 e. The fourth-order valence-electron chi connectivity index (χ4n) is 2.10. The minimum absolute atomic E-state index is 0.0942. The van der Waals surface area contributed by atoms with Gasteiger partial charge in [-0.1, -0.05) is 13.0 Å². The summed E-state index contributed by atoms with van der Waals surface area (Å²) in [5.41, 5.74) is 8.33. The molecule has 18 heavy (non-hydrogen) atoms. The molecule has 0 bridgehead atoms. The van der Waals surface area contributed by atoms with Crippen molar-refractivity contribution in [1.82, 2.24) is 4.57 Å². The number of nitrogen functional groups attached to an aromatic ring is 1. The Bertz CT molecular complexity index is 672. The third kappa shape index (κ3) is 2.36. The van der Waals surface area contributed by atoms with E-state index in [1.165, 1.54) is 0 Å². The summed E-state index contributed by atoms with van der Waals surface area (Å²) in [5, 5.41) is 0.975. The van der Waals surface area contributed by atoms with Gasteiger partial charge in [0.15, 0.2) is 9.84 Å². The number of hydrogen-bond acceptors (Lipinski definition) is 3. The summed E-state index contributed by atoms with van der Waals surface area (Å²) >= 11 is 0. The lowest BCUT2D eigenvalue weighted by molar-refractivity contribution is 0.596. The van der Waals surface area contributed by atoms with Crippen LogP contribution >= 0.6 is 0 Å². The van der Waals surface area contributed by atoms with E-state index in [9.17, 15) is 8.42 Å². The predicted octanol–water partition coefficient (Wildman–Crippen LogP) is 2.18. The van der Waals surface area contributed by atoms with Crippen LogP contribution in [-0.4, -0.2) is 18.7 Å². The third-order valence-corrected chi connectivity index (χ3v) is 4.78. The van der Waals surface area contributed by atoms with Crippen molar-refractivity contribution in [1.29, 1.82) is 0 Å². The van der Waals surface area contributed by atoms with Crippen LogP contribution in [0.5, 0.6) is 0 Å². The van der Waals surface area contributed by atoms with E-state index < -0.39 is 9.84 Å². The second-order valence-electron chi connectivity index (χ2n) is 4.39. The Morgan fingerprint density at radius 3 is 2.61 bits per heavy atom. The molecule has 0 radical (unpaired) electrons. The zero-order chi connectivity index (χ0) is 13.3. The molecule has 98 valence electrons. The third-order valence-electron chi connectivity index (χ3n) is 3.14. The maximum atomic E-state index is 11.7. The second kappa shape index (κ2) is 4.65. The maximum Gasteiger partial charge on any atom is 0.154 e. The van der Waals surface area contributed by atoms with Crippen molar-refractivity contribution >= 4 is 26.4 Å². The molecule has 1 aromatic carbocycles. The summed E-state index contributed by atoms with van der Waals surface area (Å²) in [5.74, 6) is 0.262. The Kier molecular flexibility index (Phi) is 3.34. The van der Waals surface area contributed by atoms with Crippen molar-refractivity contribution in [3.63, 3.8) is 0 Å². The van der Waals surface area contributed by atoms with Crippen LogP contribution in [0.1, 0.15) is 19.4 Å². The number of rotatable bonds is 4. The van der Waals surface area contributed by atoms with Crippen LogP contribution in [0.3, 0.4) is 0 Å². The van der Waals surface area contributed by atoms with Gasteiger partial charge in [-0.25, -0.2) is 8.42 Å². The zero-order valence-electron chi connectivity index (χ0n) is 10.7. The van der Waals surface area contributed by atoms with Gasteiger partial charge in [-0.3, -0.25) is 0 Å². The highest BCUT2D eigenvalue weighted by Crippen LogP contribution is 2.25. The first kappa shape index (κ1) is 13.0. The van der Waals surface area contributed by atoms with Gasteiger partial charge in [0.05, 0.1) is 11.3 Å². The average Bonchev–Trinajstić information content (AvgIpc) is 2.66. The molecule has 0 saturated heterocycles. The SMILES string of the molecule is CCn1cc(CS(=O)(=O)CC)c2ccc(N)cc21. The summed E-state index contributed by atoms with van der Waals surface area (Å²) in [6.07, 6.45) is 1.91. The number of fused-ring (bicyclic) bond motifs is 1. The van der Waals surface area contributed by atoms with Crippen LogP contribution in [0.15, 0.2) is 24.4 Å². The van der Waals surface area contributed by atoms with E-state index in [0.29, 0.717) is 5.69 Å². The van der Waals surface area contributed by atoms with Crippen molar-refractivity contribution in [2.24, 2.45) is 0 Å². The lowest BCUT2D eigenvalue weighted by atomic mass is 10.2. The first-order valence-corrected chi connectivity index (χ1v) is 7.86. The Hall–Kier alpha value is -1.49. The Morgan fingerprint density at radius 1 is 1.28 bits per heavy atom. The number of aromatic nitrogens is 1. The molecule has 1 heterocycles. The minimum atomic E-state index is -3.01. The number of hydrogen-bond donors (Lipinski definition) is 1. The number of sulfone groups is 1. The van der Waals surface area contributed by atoms with Crippen LogP contribution in [0.2, 0.25) is 0 Å². The minimum Gasteiger partial charge on any atom is -0.399 e. The van der Waals surface area contributed by atoms with Gasteiger partial charge >= 0.3 is 0 Å². The van der Waals surface area contributed by atoms with E-state index in [1.807, 2.05) is 35.9 Å². The fourth-order valence-corrected chi connectivity index (χ4v) is 3.01. The highest BCUT2D eigenvalue weighted by atomic mass is 32.2. The van der Waals surface area contributed by atoms with Gasteiger partial charge in [0, 0.05) is 29.6 Å². The molecule has 0 aliphatic heterocycles. The Morgan fingerprint density at radius 2 is 2.00 bits per heavy atom. The number of nitrogens with zero attached hydrogens (tertiary/aromatic N) is 1. The lowest BCUT2D eigenvalue weighted by Crippen LogP contribution is -2.06. The molecule has 0 unspecified atom stereocenters. The molecule has 2 aromatic rings. The van der Waals surface area contributed by atoms with Crippen molar-refractivity contribution in [2.75, 3.05) is 11.5 Å². The normalized spacial score (nSPS) is 12.1. The number of nitrogens with two attached hydrogens (primary N) is 1. The molecule has 0 saturated carbocycles. The summed E-state index contributed by atoms with van der Waals surface area (Å²) in [6.45, 7) is 4.50. The van der Waals surface area contributed by atoms with Crippen molar-refractivity contribution in [3.8, 4) is 0 Å². The van der Waals surface area contributed by atoms with Crippen LogP contribution < -0.4 is 5.73 Å². The second-order valence-corrected chi connectivity index (χ2v) is 6.75. The Labute approximate surface area is 107 Å². The van der Waals surface area contributed by atoms with E-state index in [2.05, 4.69) is 0 Å². The molecular formula is C13H18N2O2S. The molecular weight excluding hydrogens is 248 g/mol. The monoisotopic (exact) mass is 266 g/mol. The predicted molar refractivity (Wildman–Crippen MR) is 75.2 cm³/mol. The van der Waals surface area contributed by atoms with Gasteiger partial charge in [0.2, 0.25) is 0 Å². The average molecular weight is 266 g/mol. The molecule has 2 N–H and O–H groups in total. The lowest BCUT2D eigenvalue weighted by Gasteiger charge is -2.01. The topological polar surface area (TPSA) is 65.1 Å². The maximum absolute atomic E-state index is 11.7. The van der Waals surface area contributed by atoms with Gasteiger partial charge in [-0.05, 0) is 24.6 Å². The molecule has 0 fully saturated rings. The van der Waals surface area contributed by atoms with Crippen molar-refractivity contribution in [2.45, 2.75) is 26.1 Å². The van der Waals surface area contributed by atoms with E-state index in [1.54, 1.807) is 6.92 Å². The quantitative estimate of drug-likeness (QED) is 0.863. The molecule has 5 heteroatoms. The molecule has 1 aromatic heterocycles. The molecule has 4 nitrogen and oxygen atoms in total. The van der Waals surface area contributed by atoms with Gasteiger partial charge in [-0.15, -0.1) is 0 Å². The molecule has 2 rings (SSSR count). The van der Waals surface area contributed by atoms with Crippen LogP contribution in [0.25, 0.3) is 10.9 Å². The van der Waals surface area contributed by atoms with Crippen molar-refractivity contribution < 1.29 is 8.42 Å². The van der Waals surface area contributed by atoms with E-state index in [4.69, 9.17) is 5.73 Å². The number of benzene rings is 1. The summed E-state index contributed by atoms with van der Waals surface area (Å²) < 4.78 is 25.5. The van der Waals surface area contributed by atoms with Gasteiger partial charge < -0.3 is 10.3 Å². The van der Waals surface area contributed by atoms with Gasteiger partial charge in [0.1, 0.15) is 0 Å². The van der Waals surface area contributed by atoms with E-state index >= 15 is 0 Å². The van der Waals surface area contributed by atoms with Crippen molar-refractivity contribution in [3.05, 3.63) is 30.0 Å². The number of anilines is 1. The van der Waals surface area contributed by atoms with Crippen LogP contribution in [0, 0.1) is 0 Å². The first-order valence-electron chi connectivity index (χ1n) is 6.04. The van der Waals surface area contributed by atoms with Crippen LogP contribution in [0.4, 0.5) is 5.69 Å². The Balaban J connectivity index is 2.59. The van der Waals surface area contributed by atoms with E-state index in [-0.39, 0.29) is 11.5 Å². The summed E-state index contributed by atoms with van der Waals surface area (Å²) in [4.78, 5) is 0. The van der Waals surface area contributed by atoms with E-state index in [0.717, 1.165) is 23.0 Å². The molecule has 0 atom stereocenters. The fraction of sp³-hybridized carbons (Fsp3) is 0.385. The summed E-state index contributed by atoms with van der Waals surface area (Å²) in [6, 6.07) is 5.60. The highest BCUT2D eigenvalue weighted by Gasteiger charge is 2.14. The standard InChI is InChI=1S/C13H18N2O2S/c1-3-15-8-10(9-18(16,17)4-2)12-6-5-11(14)7-13(12)15/h5-8H,3-4,9,14H2,1-2H3. The van der Waals surface area contributed by atoms with Crippen LogP contribution in [-0.2, 0) is 22.1 Å². The van der Waals surface area contributed by atoms with Gasteiger partial charge in [0.25, 0.3) is 0 Å². The first-order chi connectivity index (χ1) is 8.46. The number of aryl methyl sites for hydroxylation is 1. The summed E-state index contributed by atoms with van der Waals surface area (Å²) in [7, 11) is -3.01. The molecule has 0 amide bonds. The molecule has 0 aliphatic rings. The zero-order valence-corrected chi connectivity index (χ0v) is 11.5. The van der Waals surface area contributed by atoms with Gasteiger partial charge in [-0.2, -0.15) is 0 Å².